The van der Waals surface area contributed by atoms with Gasteiger partial charge in [0.2, 0.25) is 0 Å². The lowest BCUT2D eigenvalue weighted by molar-refractivity contribution is 0.923. The fourth-order valence-corrected chi connectivity index (χ4v) is 2.26. The Morgan fingerprint density at radius 1 is 0.882 bits per heavy atom. The van der Waals surface area contributed by atoms with E-state index >= 15 is 0 Å². The van der Waals surface area contributed by atoms with Crippen LogP contribution in [-0.2, 0) is 6.42 Å². The maximum Gasteiger partial charge on any atom is 0.0712 e. The van der Waals surface area contributed by atoms with Crippen LogP contribution in [0, 0.1) is 0 Å². The Morgan fingerprint density at radius 2 is 1.71 bits per heavy atom. The van der Waals surface area contributed by atoms with Crippen LogP contribution in [0.1, 0.15) is 18.9 Å². The van der Waals surface area contributed by atoms with E-state index in [9.17, 15) is 0 Å². The highest BCUT2D eigenvalue weighted by atomic mass is 14.7. The summed E-state index contributed by atoms with van der Waals surface area (Å²) in [6, 6.07) is 17.1. The van der Waals surface area contributed by atoms with Gasteiger partial charge in [-0.15, -0.1) is 0 Å². The number of pyridine rings is 1. The summed E-state index contributed by atoms with van der Waals surface area (Å²) >= 11 is 0. The molecule has 0 aliphatic heterocycles. The van der Waals surface area contributed by atoms with Gasteiger partial charge in [0, 0.05) is 10.8 Å². The molecule has 0 N–H and O–H groups in total. The van der Waals surface area contributed by atoms with E-state index in [1.807, 2.05) is 6.07 Å². The van der Waals surface area contributed by atoms with Gasteiger partial charge in [0.15, 0.2) is 0 Å². The first-order valence-electron chi connectivity index (χ1n) is 6.15. The lowest BCUT2D eigenvalue weighted by Crippen LogP contribution is -1.86. The highest BCUT2D eigenvalue weighted by Gasteiger charge is 2.00. The van der Waals surface area contributed by atoms with Gasteiger partial charge in [0.25, 0.3) is 0 Å². The minimum absolute atomic E-state index is 1.08. The van der Waals surface area contributed by atoms with E-state index in [4.69, 9.17) is 4.98 Å². The second-order valence-corrected chi connectivity index (χ2v) is 4.46. The van der Waals surface area contributed by atoms with Crippen LogP contribution in [0.5, 0.6) is 0 Å². The van der Waals surface area contributed by atoms with Crippen molar-refractivity contribution in [1.82, 2.24) is 4.98 Å². The highest BCUT2D eigenvalue weighted by Crippen LogP contribution is 2.20. The summed E-state index contributed by atoms with van der Waals surface area (Å²) in [5.41, 5.74) is 3.56. The zero-order valence-corrected chi connectivity index (χ0v) is 9.98. The molecule has 0 unspecified atom stereocenters. The minimum atomic E-state index is 1.08. The molecule has 1 heterocycles. The SMILES string of the molecule is CCCc1ccc2cc3ccccc3nc2c1. The third-order valence-electron chi connectivity index (χ3n) is 3.12. The smallest absolute Gasteiger partial charge is 0.0712 e. The number of nitrogens with zero attached hydrogens (tertiary/aromatic N) is 1. The van der Waals surface area contributed by atoms with Crippen molar-refractivity contribution < 1.29 is 0 Å². The molecule has 1 aromatic heterocycles. The summed E-state index contributed by atoms with van der Waals surface area (Å²) in [5, 5.41) is 2.44. The van der Waals surface area contributed by atoms with E-state index in [1.54, 1.807) is 0 Å². The molecule has 1 nitrogen and oxygen atoms in total. The first-order chi connectivity index (χ1) is 8.36. The van der Waals surface area contributed by atoms with Crippen LogP contribution in [0.3, 0.4) is 0 Å². The quantitative estimate of drug-likeness (QED) is 0.586. The number of hydrogen-bond donors (Lipinski definition) is 0. The normalized spacial score (nSPS) is 11.1. The molecule has 2 aromatic carbocycles. The standard InChI is InChI=1S/C16H15N/c1-2-5-12-8-9-14-11-13-6-3-4-7-15(13)17-16(14)10-12/h3-4,6-11H,2,5H2,1H3. The van der Waals surface area contributed by atoms with E-state index in [0.717, 1.165) is 17.5 Å². The number of para-hydroxylation sites is 1. The summed E-state index contributed by atoms with van der Waals surface area (Å²) in [5.74, 6) is 0. The largest absolute Gasteiger partial charge is 0.248 e. The van der Waals surface area contributed by atoms with Crippen LogP contribution < -0.4 is 0 Å². The molecule has 0 aliphatic rings. The van der Waals surface area contributed by atoms with Crippen LogP contribution in [-0.4, -0.2) is 4.98 Å². The molecule has 0 saturated heterocycles. The zero-order chi connectivity index (χ0) is 11.7. The molecule has 17 heavy (non-hydrogen) atoms. The van der Waals surface area contributed by atoms with Gasteiger partial charge in [-0.2, -0.15) is 0 Å². The van der Waals surface area contributed by atoms with Crippen molar-refractivity contribution in [2.45, 2.75) is 19.8 Å². The van der Waals surface area contributed by atoms with Crippen LogP contribution >= 0.6 is 0 Å². The Bertz CT molecular complexity index is 670. The van der Waals surface area contributed by atoms with Crippen molar-refractivity contribution in [2.24, 2.45) is 0 Å². The Kier molecular flexibility index (Phi) is 2.52. The predicted molar refractivity (Wildman–Crippen MR) is 73.2 cm³/mol. The lowest BCUT2D eigenvalue weighted by atomic mass is 10.1. The lowest BCUT2D eigenvalue weighted by Gasteiger charge is -2.04. The van der Waals surface area contributed by atoms with Gasteiger partial charge < -0.3 is 0 Å². The molecule has 3 aromatic rings. The molecular weight excluding hydrogens is 206 g/mol. The second kappa shape index (κ2) is 4.17. The number of fused-ring (bicyclic) bond motifs is 2. The van der Waals surface area contributed by atoms with Crippen molar-refractivity contribution in [1.29, 1.82) is 0 Å². The topological polar surface area (TPSA) is 12.9 Å². The molecule has 0 aliphatic carbocycles. The molecule has 1 heteroatoms. The van der Waals surface area contributed by atoms with Gasteiger partial charge in [0.05, 0.1) is 11.0 Å². The number of aromatic nitrogens is 1. The van der Waals surface area contributed by atoms with Crippen molar-refractivity contribution >= 4 is 21.8 Å². The highest BCUT2D eigenvalue weighted by molar-refractivity contribution is 5.92. The van der Waals surface area contributed by atoms with Crippen molar-refractivity contribution in [2.75, 3.05) is 0 Å². The minimum Gasteiger partial charge on any atom is -0.248 e. The first kappa shape index (κ1) is 10.3. The summed E-state index contributed by atoms with van der Waals surface area (Å²) in [4.78, 5) is 4.72. The van der Waals surface area contributed by atoms with Crippen LogP contribution in [0.4, 0.5) is 0 Å². The zero-order valence-electron chi connectivity index (χ0n) is 9.98. The maximum atomic E-state index is 4.72. The van der Waals surface area contributed by atoms with Crippen molar-refractivity contribution in [3.8, 4) is 0 Å². The van der Waals surface area contributed by atoms with Crippen molar-refractivity contribution in [3.63, 3.8) is 0 Å². The predicted octanol–water partition coefficient (Wildman–Crippen LogP) is 4.34. The molecule has 0 amide bonds. The van der Waals surface area contributed by atoms with Gasteiger partial charge in [0.1, 0.15) is 0 Å². The van der Waals surface area contributed by atoms with E-state index in [0.29, 0.717) is 0 Å². The van der Waals surface area contributed by atoms with Gasteiger partial charge in [-0.05, 0) is 30.2 Å². The van der Waals surface area contributed by atoms with Gasteiger partial charge in [-0.1, -0.05) is 43.7 Å². The molecule has 0 fully saturated rings. The van der Waals surface area contributed by atoms with E-state index in [1.165, 1.54) is 22.8 Å². The molecule has 0 spiro atoms. The molecular formula is C16H15N. The van der Waals surface area contributed by atoms with E-state index < -0.39 is 0 Å². The van der Waals surface area contributed by atoms with E-state index in [2.05, 4.69) is 49.4 Å². The molecule has 0 bridgehead atoms. The fraction of sp³-hybridized carbons (Fsp3) is 0.188. The van der Waals surface area contributed by atoms with E-state index in [-0.39, 0.29) is 0 Å². The average Bonchev–Trinajstić information content (AvgIpc) is 2.36. The monoisotopic (exact) mass is 221 g/mol. The Labute approximate surface area is 101 Å². The summed E-state index contributed by atoms with van der Waals surface area (Å²) < 4.78 is 0. The summed E-state index contributed by atoms with van der Waals surface area (Å²) in [6.45, 7) is 2.21. The number of rotatable bonds is 2. The molecule has 0 saturated carbocycles. The Balaban J connectivity index is 2.25. The third-order valence-corrected chi connectivity index (χ3v) is 3.12. The van der Waals surface area contributed by atoms with Crippen LogP contribution in [0.2, 0.25) is 0 Å². The van der Waals surface area contributed by atoms with Crippen LogP contribution in [0.25, 0.3) is 21.8 Å². The molecule has 0 radical (unpaired) electrons. The Morgan fingerprint density at radius 3 is 2.59 bits per heavy atom. The van der Waals surface area contributed by atoms with Crippen molar-refractivity contribution in [3.05, 3.63) is 54.1 Å². The number of aryl methyl sites for hydroxylation is 1. The number of hydrogen-bond acceptors (Lipinski definition) is 1. The maximum absolute atomic E-state index is 4.72. The van der Waals surface area contributed by atoms with Gasteiger partial charge in [-0.25, -0.2) is 4.98 Å². The first-order valence-corrected chi connectivity index (χ1v) is 6.15. The molecule has 0 atom stereocenters. The molecule has 84 valence electrons. The van der Waals surface area contributed by atoms with Crippen LogP contribution in [0.15, 0.2) is 48.5 Å². The van der Waals surface area contributed by atoms with Gasteiger partial charge in [-0.3, -0.25) is 0 Å². The molecule has 3 rings (SSSR count). The average molecular weight is 221 g/mol. The summed E-state index contributed by atoms with van der Waals surface area (Å²) in [6.07, 6.45) is 2.31. The second-order valence-electron chi connectivity index (χ2n) is 4.46. The van der Waals surface area contributed by atoms with Gasteiger partial charge >= 0.3 is 0 Å². The number of benzene rings is 2. The fourth-order valence-electron chi connectivity index (χ4n) is 2.26. The summed E-state index contributed by atoms with van der Waals surface area (Å²) in [7, 11) is 0. The Hall–Kier alpha value is -1.89. The third kappa shape index (κ3) is 1.89.